The maximum absolute atomic E-state index is 12.1. The van der Waals surface area contributed by atoms with Crippen LogP contribution in [0.15, 0.2) is 28.7 Å². The summed E-state index contributed by atoms with van der Waals surface area (Å²) in [7, 11) is 1.81. The van der Waals surface area contributed by atoms with Crippen LogP contribution in [0.25, 0.3) is 0 Å². The maximum atomic E-state index is 12.1. The van der Waals surface area contributed by atoms with Crippen molar-refractivity contribution in [2.24, 2.45) is 0 Å². The van der Waals surface area contributed by atoms with Crippen molar-refractivity contribution in [2.75, 3.05) is 33.2 Å². The maximum Gasteiger partial charge on any atom is 0.236 e. The highest BCUT2D eigenvalue weighted by Gasteiger charge is 2.20. The Kier molecular flexibility index (Phi) is 5.31. The molecule has 0 aromatic heterocycles. The summed E-state index contributed by atoms with van der Waals surface area (Å²) >= 11 is 3.36. The van der Waals surface area contributed by atoms with Crippen molar-refractivity contribution in [1.29, 1.82) is 0 Å². The van der Waals surface area contributed by atoms with Crippen LogP contribution in [-0.4, -0.2) is 54.7 Å². The Balaban J connectivity index is 1.86. The van der Waals surface area contributed by atoms with E-state index in [1.54, 1.807) is 17.0 Å². The van der Waals surface area contributed by atoms with E-state index < -0.39 is 0 Å². The first-order chi connectivity index (χ1) is 9.56. The lowest BCUT2D eigenvalue weighted by molar-refractivity contribution is -0.130. The van der Waals surface area contributed by atoms with Crippen LogP contribution in [0.3, 0.4) is 0 Å². The molecule has 20 heavy (non-hydrogen) atoms. The zero-order chi connectivity index (χ0) is 14.5. The number of nitrogens with zero attached hydrogens (tertiary/aromatic N) is 2. The molecule has 1 aromatic carbocycles. The number of halogens is 1. The Bertz CT molecular complexity index is 498. The Morgan fingerprint density at radius 1 is 1.25 bits per heavy atom. The fourth-order valence-corrected chi connectivity index (χ4v) is 2.75. The second-order valence-corrected chi connectivity index (χ2v) is 6.11. The number of rotatable bonds is 5. The summed E-state index contributed by atoms with van der Waals surface area (Å²) in [4.78, 5) is 27.8. The predicted molar refractivity (Wildman–Crippen MR) is 81.8 cm³/mol. The zero-order valence-electron chi connectivity index (χ0n) is 11.6. The molecule has 1 amide bonds. The van der Waals surface area contributed by atoms with Gasteiger partial charge in [-0.25, -0.2) is 0 Å². The minimum atomic E-state index is 0.0306. The number of carbonyl (C=O) groups excluding carboxylic acids is 2. The highest BCUT2D eigenvalue weighted by molar-refractivity contribution is 9.10. The fraction of sp³-hybridized carbons (Fsp3) is 0.467. The molecule has 1 heterocycles. The third-order valence-electron chi connectivity index (χ3n) is 3.42. The predicted octanol–water partition coefficient (Wildman–Crippen LogP) is 2.19. The second-order valence-electron chi connectivity index (χ2n) is 5.19. The molecular formula is C15H19BrN2O2. The number of carbonyl (C=O) groups is 2. The van der Waals surface area contributed by atoms with Crippen LogP contribution >= 0.6 is 15.9 Å². The number of hydrogen-bond acceptors (Lipinski definition) is 3. The fourth-order valence-electron chi connectivity index (χ4n) is 2.35. The van der Waals surface area contributed by atoms with E-state index in [9.17, 15) is 9.59 Å². The van der Waals surface area contributed by atoms with Crippen molar-refractivity contribution in [1.82, 2.24) is 9.80 Å². The Morgan fingerprint density at radius 3 is 2.60 bits per heavy atom. The third kappa shape index (κ3) is 4.15. The summed E-state index contributed by atoms with van der Waals surface area (Å²) in [6.07, 6.45) is 2.18. The molecule has 0 bridgehead atoms. The number of benzene rings is 1. The molecule has 1 aromatic rings. The molecule has 0 unspecified atom stereocenters. The largest absolute Gasteiger partial charge is 0.342 e. The molecule has 0 spiro atoms. The second kappa shape index (κ2) is 6.99. The average Bonchev–Trinajstić information content (AvgIpc) is 2.92. The number of likely N-dealkylation sites (tertiary alicyclic amines) is 1. The molecule has 1 aliphatic heterocycles. The summed E-state index contributed by atoms with van der Waals surface area (Å²) in [6.45, 7) is 2.27. The van der Waals surface area contributed by atoms with E-state index in [2.05, 4.69) is 15.9 Å². The van der Waals surface area contributed by atoms with Gasteiger partial charge in [0.25, 0.3) is 0 Å². The molecule has 4 nitrogen and oxygen atoms in total. The smallest absolute Gasteiger partial charge is 0.236 e. The van der Waals surface area contributed by atoms with Crippen LogP contribution in [0.2, 0.25) is 0 Å². The van der Waals surface area contributed by atoms with Crippen LogP contribution in [0, 0.1) is 0 Å². The van der Waals surface area contributed by atoms with Crippen molar-refractivity contribution in [3.05, 3.63) is 34.3 Å². The summed E-state index contributed by atoms with van der Waals surface area (Å²) in [5, 5.41) is 0. The van der Waals surface area contributed by atoms with Crippen LogP contribution in [0.5, 0.6) is 0 Å². The van der Waals surface area contributed by atoms with Crippen molar-refractivity contribution >= 4 is 27.6 Å². The molecule has 0 saturated carbocycles. The quantitative estimate of drug-likeness (QED) is 0.772. The van der Waals surface area contributed by atoms with Crippen molar-refractivity contribution in [3.8, 4) is 0 Å². The first kappa shape index (κ1) is 15.2. The Hall–Kier alpha value is -1.20. The standard InChI is InChI=1S/C15H19BrN2O2/c1-17(11-15(20)18-7-2-3-8-18)10-14(19)12-5-4-6-13(16)9-12/h4-6,9H,2-3,7-8,10-11H2,1H3. The molecule has 0 aliphatic carbocycles. The van der Waals surface area contributed by atoms with Gasteiger partial charge >= 0.3 is 0 Å². The van der Waals surface area contributed by atoms with Crippen molar-refractivity contribution in [3.63, 3.8) is 0 Å². The van der Waals surface area contributed by atoms with E-state index in [1.165, 1.54) is 0 Å². The van der Waals surface area contributed by atoms with E-state index in [0.717, 1.165) is 30.4 Å². The number of hydrogen-bond donors (Lipinski definition) is 0. The lowest BCUT2D eigenvalue weighted by Crippen LogP contribution is -2.39. The molecule has 1 fully saturated rings. The molecule has 1 saturated heterocycles. The number of ketones is 1. The van der Waals surface area contributed by atoms with Gasteiger partial charge in [-0.15, -0.1) is 0 Å². The molecule has 5 heteroatoms. The first-order valence-corrected chi connectivity index (χ1v) is 7.60. The van der Waals surface area contributed by atoms with Crippen LogP contribution < -0.4 is 0 Å². The molecule has 0 radical (unpaired) electrons. The number of likely N-dealkylation sites (N-methyl/N-ethyl adjacent to an activating group) is 1. The lowest BCUT2D eigenvalue weighted by Gasteiger charge is -2.20. The summed E-state index contributed by atoms with van der Waals surface area (Å²) < 4.78 is 0.888. The first-order valence-electron chi connectivity index (χ1n) is 6.81. The number of Topliss-reactive ketones (excluding diaryl/α,β-unsaturated/α-hetero) is 1. The summed E-state index contributed by atoms with van der Waals surface area (Å²) in [5.41, 5.74) is 0.667. The van der Waals surface area contributed by atoms with Crippen molar-refractivity contribution in [2.45, 2.75) is 12.8 Å². The van der Waals surface area contributed by atoms with Crippen molar-refractivity contribution < 1.29 is 9.59 Å². The minimum Gasteiger partial charge on any atom is -0.342 e. The summed E-state index contributed by atoms with van der Waals surface area (Å²) in [6, 6.07) is 7.33. The number of amides is 1. The van der Waals surface area contributed by atoms with E-state index in [4.69, 9.17) is 0 Å². The molecular weight excluding hydrogens is 320 g/mol. The normalized spacial score (nSPS) is 14.8. The van der Waals surface area contributed by atoms with Crippen LogP contribution in [-0.2, 0) is 4.79 Å². The van der Waals surface area contributed by atoms with Gasteiger partial charge in [0.05, 0.1) is 13.1 Å². The Labute approximate surface area is 127 Å². The molecule has 108 valence electrons. The minimum absolute atomic E-state index is 0.0306. The van der Waals surface area contributed by atoms with Gasteiger partial charge in [-0.2, -0.15) is 0 Å². The topological polar surface area (TPSA) is 40.6 Å². The monoisotopic (exact) mass is 338 g/mol. The molecule has 0 atom stereocenters. The molecule has 0 N–H and O–H groups in total. The van der Waals surface area contributed by atoms with Gasteiger partial charge in [-0.3, -0.25) is 14.5 Å². The van der Waals surface area contributed by atoms with Gasteiger partial charge in [0.1, 0.15) is 0 Å². The van der Waals surface area contributed by atoms with Crippen LogP contribution in [0.1, 0.15) is 23.2 Å². The Morgan fingerprint density at radius 2 is 1.95 bits per heavy atom. The van der Waals surface area contributed by atoms with E-state index in [0.29, 0.717) is 12.1 Å². The van der Waals surface area contributed by atoms with Gasteiger partial charge in [0.2, 0.25) is 5.91 Å². The van der Waals surface area contributed by atoms with E-state index in [-0.39, 0.29) is 18.2 Å². The average molecular weight is 339 g/mol. The van der Waals surface area contributed by atoms with Gasteiger partial charge in [-0.1, -0.05) is 28.1 Å². The van der Waals surface area contributed by atoms with Crippen LogP contribution in [0.4, 0.5) is 0 Å². The van der Waals surface area contributed by atoms with Gasteiger partial charge in [0, 0.05) is 23.1 Å². The van der Waals surface area contributed by atoms with Gasteiger partial charge in [0.15, 0.2) is 5.78 Å². The molecule has 2 rings (SSSR count). The van der Waals surface area contributed by atoms with E-state index in [1.807, 2.05) is 24.1 Å². The van der Waals surface area contributed by atoms with E-state index >= 15 is 0 Å². The SMILES string of the molecule is CN(CC(=O)c1cccc(Br)c1)CC(=O)N1CCCC1. The third-order valence-corrected chi connectivity index (χ3v) is 3.92. The highest BCUT2D eigenvalue weighted by atomic mass is 79.9. The molecule has 1 aliphatic rings. The lowest BCUT2D eigenvalue weighted by atomic mass is 10.1. The summed E-state index contributed by atoms with van der Waals surface area (Å²) in [5.74, 6) is 0.148. The highest BCUT2D eigenvalue weighted by Crippen LogP contribution is 2.12. The van der Waals surface area contributed by atoms with Gasteiger partial charge in [-0.05, 0) is 32.0 Å². The zero-order valence-corrected chi connectivity index (χ0v) is 13.2. The van der Waals surface area contributed by atoms with Gasteiger partial charge < -0.3 is 4.90 Å².